The second-order valence-electron chi connectivity index (χ2n) is 11.4. The largest absolute Gasteiger partial charge is 0.514 e. The van der Waals surface area contributed by atoms with Crippen LogP contribution in [0.15, 0.2) is 122 Å². The molecule has 0 atom stereocenters. The molecule has 45 heavy (non-hydrogen) atoms. The third kappa shape index (κ3) is 8.42. The Labute approximate surface area is 264 Å². The Morgan fingerprint density at radius 3 is 1.04 bits per heavy atom. The second kappa shape index (κ2) is 14.4. The molecule has 4 aromatic carbocycles. The molecule has 0 aromatic heterocycles. The summed E-state index contributed by atoms with van der Waals surface area (Å²) in [5, 5.41) is 0. The minimum Gasteiger partial charge on any atom is -0.457 e. The van der Waals surface area contributed by atoms with Crippen molar-refractivity contribution in [2.24, 2.45) is 0 Å². The molecule has 0 fully saturated rings. The zero-order valence-corrected chi connectivity index (χ0v) is 26.1. The van der Waals surface area contributed by atoms with Crippen LogP contribution in [-0.2, 0) is 20.3 Å². The average Bonchev–Trinajstić information content (AvgIpc) is 3.04. The quantitative estimate of drug-likeness (QED) is 0.0902. The molecule has 0 aliphatic heterocycles. The highest BCUT2D eigenvalue weighted by atomic mass is 16.7. The fraction of sp³-hybridized carbons (Fsp3) is 0.211. The number of rotatable bonds is 12. The van der Waals surface area contributed by atoms with Crippen molar-refractivity contribution in [3.05, 3.63) is 145 Å². The van der Waals surface area contributed by atoms with Crippen LogP contribution in [0.25, 0.3) is 0 Å². The number of hydrogen-bond acceptors (Lipinski definition) is 7. The van der Waals surface area contributed by atoms with E-state index in [1.54, 1.807) is 24.3 Å². The molecule has 7 nitrogen and oxygen atoms in total. The maximum absolute atomic E-state index is 11.7. The minimum atomic E-state index is -0.766. The summed E-state index contributed by atoms with van der Waals surface area (Å²) in [6.45, 7) is 15.8. The van der Waals surface area contributed by atoms with Crippen molar-refractivity contribution in [3.63, 3.8) is 0 Å². The fourth-order valence-electron chi connectivity index (χ4n) is 4.73. The highest BCUT2D eigenvalue weighted by Crippen LogP contribution is 2.36. The van der Waals surface area contributed by atoms with Crippen molar-refractivity contribution >= 4 is 12.3 Å². The van der Waals surface area contributed by atoms with E-state index in [4.69, 9.17) is 23.7 Å². The number of ether oxygens (including phenoxy) is 5. The SMILES string of the molecule is C=CCOC(=O)Oc1ccc(C(C)(C)c2ccc(Oc3ccc(C(C)(C)c4ccc(OC(=O)OCC=C)cc4)cc3)cc2)cc1. The lowest BCUT2D eigenvalue weighted by atomic mass is 9.78. The molecule has 0 aliphatic rings. The third-order valence-corrected chi connectivity index (χ3v) is 7.58. The van der Waals surface area contributed by atoms with E-state index in [-0.39, 0.29) is 24.0 Å². The molecule has 0 saturated heterocycles. The monoisotopic (exact) mass is 606 g/mol. The van der Waals surface area contributed by atoms with Gasteiger partial charge in [-0.05, 0) is 70.8 Å². The molecule has 4 rings (SSSR count). The fourth-order valence-corrected chi connectivity index (χ4v) is 4.73. The lowest BCUT2D eigenvalue weighted by molar-refractivity contribution is 0.108. The van der Waals surface area contributed by atoms with Crippen molar-refractivity contribution in [3.8, 4) is 23.0 Å². The maximum Gasteiger partial charge on any atom is 0.514 e. The zero-order valence-electron chi connectivity index (χ0n) is 26.1. The van der Waals surface area contributed by atoms with Gasteiger partial charge >= 0.3 is 12.3 Å². The highest BCUT2D eigenvalue weighted by Gasteiger charge is 2.25. The minimum absolute atomic E-state index is 0.0959. The summed E-state index contributed by atoms with van der Waals surface area (Å²) < 4.78 is 26.3. The molecule has 0 N–H and O–H groups in total. The molecule has 0 unspecified atom stereocenters. The number of hydrogen-bond donors (Lipinski definition) is 0. The first-order valence-corrected chi connectivity index (χ1v) is 14.5. The first-order chi connectivity index (χ1) is 21.5. The molecule has 7 heteroatoms. The van der Waals surface area contributed by atoms with Gasteiger partial charge in [0.2, 0.25) is 0 Å². The molecule has 0 amide bonds. The summed E-state index contributed by atoms with van der Waals surface area (Å²) in [6.07, 6.45) is 1.43. The van der Waals surface area contributed by atoms with Crippen molar-refractivity contribution in [1.29, 1.82) is 0 Å². The molecule has 0 spiro atoms. The van der Waals surface area contributed by atoms with Crippen LogP contribution in [0.4, 0.5) is 9.59 Å². The normalized spacial score (nSPS) is 11.2. The summed E-state index contributed by atoms with van der Waals surface area (Å²) in [5.41, 5.74) is 3.75. The van der Waals surface area contributed by atoms with Crippen LogP contribution in [0.2, 0.25) is 0 Å². The smallest absolute Gasteiger partial charge is 0.457 e. The number of carbonyl (C=O) groups is 2. The third-order valence-electron chi connectivity index (χ3n) is 7.58. The molecular formula is C38H38O7. The van der Waals surface area contributed by atoms with Gasteiger partial charge in [-0.15, -0.1) is 0 Å². The van der Waals surface area contributed by atoms with Gasteiger partial charge in [-0.25, -0.2) is 9.59 Å². The molecule has 232 valence electrons. The Morgan fingerprint density at radius 2 is 0.778 bits per heavy atom. The molecule has 0 bridgehead atoms. The second-order valence-corrected chi connectivity index (χ2v) is 11.4. The van der Waals surface area contributed by atoms with Gasteiger partial charge in [0.15, 0.2) is 0 Å². The van der Waals surface area contributed by atoms with Gasteiger partial charge in [-0.3, -0.25) is 0 Å². The van der Waals surface area contributed by atoms with Crippen LogP contribution in [-0.4, -0.2) is 25.5 Å². The van der Waals surface area contributed by atoms with Gasteiger partial charge in [0, 0.05) is 10.8 Å². The van der Waals surface area contributed by atoms with E-state index in [0.29, 0.717) is 11.5 Å². The van der Waals surface area contributed by atoms with Crippen LogP contribution < -0.4 is 14.2 Å². The predicted octanol–water partition coefficient (Wildman–Crippen LogP) is 9.53. The van der Waals surface area contributed by atoms with E-state index in [2.05, 4.69) is 65.1 Å². The molecule has 0 radical (unpaired) electrons. The van der Waals surface area contributed by atoms with Crippen molar-refractivity contribution in [1.82, 2.24) is 0 Å². The standard InChI is InChI=1S/C38H38O7/c1-7-25-41-35(39)44-33-21-13-29(14-22-33)37(3,4)27-9-17-31(18-10-27)43-32-19-11-28(12-20-32)38(5,6)30-15-23-34(24-16-30)45-36(40)42-26-8-2/h7-24H,1-2,25-26H2,3-6H3. The van der Waals surface area contributed by atoms with E-state index >= 15 is 0 Å². The van der Waals surface area contributed by atoms with Gasteiger partial charge < -0.3 is 23.7 Å². The van der Waals surface area contributed by atoms with Crippen LogP contribution in [0.5, 0.6) is 23.0 Å². The Hall–Kier alpha value is -5.30. The molecular weight excluding hydrogens is 568 g/mol. The van der Waals surface area contributed by atoms with E-state index in [1.807, 2.05) is 48.5 Å². The Kier molecular flexibility index (Phi) is 10.5. The van der Waals surface area contributed by atoms with E-state index in [9.17, 15) is 9.59 Å². The van der Waals surface area contributed by atoms with E-state index < -0.39 is 12.3 Å². The van der Waals surface area contributed by atoms with E-state index in [1.165, 1.54) is 12.2 Å². The van der Waals surface area contributed by atoms with Crippen LogP contribution in [0.1, 0.15) is 49.9 Å². The van der Waals surface area contributed by atoms with Gasteiger partial charge in [0.25, 0.3) is 0 Å². The van der Waals surface area contributed by atoms with E-state index in [0.717, 1.165) is 33.8 Å². The zero-order chi connectivity index (χ0) is 32.5. The Bertz CT molecular complexity index is 1480. The van der Waals surface area contributed by atoms with Crippen LogP contribution >= 0.6 is 0 Å². The van der Waals surface area contributed by atoms with Crippen LogP contribution in [0.3, 0.4) is 0 Å². The van der Waals surface area contributed by atoms with Gasteiger partial charge in [0.05, 0.1) is 0 Å². The Morgan fingerprint density at radius 1 is 0.511 bits per heavy atom. The molecule has 0 saturated carbocycles. The molecule has 0 heterocycles. The lowest BCUT2D eigenvalue weighted by Gasteiger charge is -2.27. The maximum atomic E-state index is 11.7. The van der Waals surface area contributed by atoms with Crippen molar-refractivity contribution in [2.75, 3.05) is 13.2 Å². The topological polar surface area (TPSA) is 80.3 Å². The summed E-state index contributed by atoms with van der Waals surface area (Å²) in [6, 6.07) is 30.8. The van der Waals surface area contributed by atoms with Crippen LogP contribution in [0, 0.1) is 0 Å². The summed E-state index contributed by atoms with van der Waals surface area (Å²) >= 11 is 0. The Balaban J connectivity index is 1.37. The van der Waals surface area contributed by atoms with Gasteiger partial charge in [-0.1, -0.05) is 102 Å². The van der Waals surface area contributed by atoms with Crippen molar-refractivity contribution in [2.45, 2.75) is 38.5 Å². The van der Waals surface area contributed by atoms with Gasteiger partial charge in [-0.2, -0.15) is 0 Å². The molecule has 0 aliphatic carbocycles. The number of carbonyl (C=O) groups excluding carboxylic acids is 2. The highest BCUT2D eigenvalue weighted by molar-refractivity contribution is 5.64. The first-order valence-electron chi connectivity index (χ1n) is 14.5. The number of benzene rings is 4. The van der Waals surface area contributed by atoms with Crippen molar-refractivity contribution < 1.29 is 33.3 Å². The lowest BCUT2D eigenvalue weighted by Crippen LogP contribution is -2.19. The summed E-state index contributed by atoms with van der Waals surface area (Å²) in [4.78, 5) is 23.4. The molecule has 4 aromatic rings. The van der Waals surface area contributed by atoms with Gasteiger partial charge in [0.1, 0.15) is 36.2 Å². The summed E-state index contributed by atoms with van der Waals surface area (Å²) in [7, 11) is 0. The average molecular weight is 607 g/mol. The first kappa shape index (κ1) is 32.6. The summed E-state index contributed by atoms with van der Waals surface area (Å²) in [5.74, 6) is 2.28. The predicted molar refractivity (Wildman–Crippen MR) is 174 cm³/mol.